The maximum Gasteiger partial charge on any atom is 0.325 e. The van der Waals surface area contributed by atoms with Gasteiger partial charge in [-0.3, -0.25) is 9.59 Å². The van der Waals surface area contributed by atoms with E-state index in [1.807, 2.05) is 0 Å². The normalized spacial score (nSPS) is 9.88. The lowest BCUT2D eigenvalue weighted by Crippen LogP contribution is -2.41. The van der Waals surface area contributed by atoms with Crippen LogP contribution in [0.5, 0.6) is 0 Å². The zero-order chi connectivity index (χ0) is 13.3. The van der Waals surface area contributed by atoms with Crippen LogP contribution < -0.4 is 0 Å². The molecule has 0 amide bonds. The summed E-state index contributed by atoms with van der Waals surface area (Å²) in [6.45, 7) is 3.28. The number of carbonyl (C=O) groups excluding carboxylic acids is 2. The van der Waals surface area contributed by atoms with Gasteiger partial charge in [0.2, 0.25) is 0 Å². The van der Waals surface area contributed by atoms with Crippen LogP contribution in [0.25, 0.3) is 0 Å². The van der Waals surface area contributed by atoms with Crippen molar-refractivity contribution in [3.63, 3.8) is 0 Å². The van der Waals surface area contributed by atoms with Gasteiger partial charge in [0.25, 0.3) is 0 Å². The lowest BCUT2D eigenvalue weighted by Gasteiger charge is -2.23. The molecule has 0 saturated carbocycles. The van der Waals surface area contributed by atoms with Gasteiger partial charge in [-0.1, -0.05) is 0 Å². The topological polar surface area (TPSA) is 100 Å². The summed E-state index contributed by atoms with van der Waals surface area (Å²) in [4.78, 5) is 23.5. The van der Waals surface area contributed by atoms with Crippen molar-refractivity contribution in [3.05, 3.63) is 0 Å². The average Bonchev–Trinajstić information content (AvgIpc) is 2.29. The molecule has 0 aliphatic carbocycles. The minimum Gasteiger partial charge on any atom is -0.465 e. The highest BCUT2D eigenvalue weighted by molar-refractivity contribution is 6.00. The van der Waals surface area contributed by atoms with E-state index in [4.69, 9.17) is 20.0 Å². The third-order valence-electron chi connectivity index (χ3n) is 2.09. The molecule has 0 heterocycles. The lowest BCUT2D eigenvalue weighted by molar-refractivity contribution is -0.171. The average molecular weight is 238 g/mol. The van der Waals surface area contributed by atoms with Gasteiger partial charge in [0.15, 0.2) is 5.41 Å². The molecule has 0 spiro atoms. The standard InChI is InChI=1S/C11H14N2O4/c1-3-16-9(14)11(5-7-12,6-8-13)10(15)17-4-2/h3-6H2,1-2H3. The lowest BCUT2D eigenvalue weighted by atomic mass is 9.82. The number of carbonyl (C=O) groups is 2. The molecule has 0 aromatic carbocycles. The van der Waals surface area contributed by atoms with Crippen molar-refractivity contribution in [2.24, 2.45) is 5.41 Å². The summed E-state index contributed by atoms with van der Waals surface area (Å²) in [5.74, 6) is -1.77. The summed E-state index contributed by atoms with van der Waals surface area (Å²) in [6.07, 6.45) is -0.865. The molecule has 0 atom stereocenters. The Kier molecular flexibility index (Phi) is 6.35. The molecule has 0 unspecified atom stereocenters. The van der Waals surface area contributed by atoms with Crippen LogP contribution in [-0.2, 0) is 19.1 Å². The third-order valence-corrected chi connectivity index (χ3v) is 2.09. The van der Waals surface area contributed by atoms with E-state index in [0.29, 0.717) is 0 Å². The van der Waals surface area contributed by atoms with Crippen molar-refractivity contribution in [3.8, 4) is 12.1 Å². The van der Waals surface area contributed by atoms with Crippen LogP contribution in [0.2, 0.25) is 0 Å². The summed E-state index contributed by atoms with van der Waals surface area (Å²) in [7, 11) is 0. The molecule has 6 nitrogen and oxygen atoms in total. The molecule has 0 saturated heterocycles. The summed E-state index contributed by atoms with van der Waals surface area (Å²) in [6, 6.07) is 3.44. The second-order valence-electron chi connectivity index (χ2n) is 3.19. The zero-order valence-electron chi connectivity index (χ0n) is 9.86. The Labute approximate surface area is 99.7 Å². The molecule has 6 heteroatoms. The first-order valence-corrected chi connectivity index (χ1v) is 5.17. The van der Waals surface area contributed by atoms with E-state index in [2.05, 4.69) is 0 Å². The van der Waals surface area contributed by atoms with Crippen LogP contribution in [0, 0.1) is 28.1 Å². The van der Waals surface area contributed by atoms with Crippen molar-refractivity contribution in [2.75, 3.05) is 13.2 Å². The number of rotatable bonds is 6. The highest BCUT2D eigenvalue weighted by atomic mass is 16.6. The zero-order valence-corrected chi connectivity index (χ0v) is 9.86. The number of nitriles is 2. The number of esters is 2. The molecule has 0 radical (unpaired) electrons. The molecule has 0 aliphatic heterocycles. The van der Waals surface area contributed by atoms with Crippen LogP contribution in [0.1, 0.15) is 26.7 Å². The van der Waals surface area contributed by atoms with Gasteiger partial charge >= 0.3 is 11.9 Å². The van der Waals surface area contributed by atoms with Gasteiger partial charge in [-0.15, -0.1) is 0 Å². The molecule has 0 aromatic heterocycles. The Morgan fingerprint density at radius 3 is 1.59 bits per heavy atom. The highest BCUT2D eigenvalue weighted by Gasteiger charge is 2.49. The predicted octanol–water partition coefficient (Wildman–Crippen LogP) is 0.926. The fraction of sp³-hybridized carbons (Fsp3) is 0.636. The molecule has 0 aromatic rings. The van der Waals surface area contributed by atoms with E-state index in [1.165, 1.54) is 0 Å². The summed E-state index contributed by atoms with van der Waals surface area (Å²) in [5, 5.41) is 17.4. The smallest absolute Gasteiger partial charge is 0.325 e. The predicted molar refractivity (Wildman–Crippen MR) is 56.2 cm³/mol. The molecule has 92 valence electrons. The Balaban J connectivity index is 5.27. The summed E-state index contributed by atoms with van der Waals surface area (Å²) in [5.41, 5.74) is -1.82. The molecular weight excluding hydrogens is 224 g/mol. The fourth-order valence-electron chi connectivity index (χ4n) is 1.24. The molecule has 0 N–H and O–H groups in total. The summed E-state index contributed by atoms with van der Waals surface area (Å²) >= 11 is 0. The Morgan fingerprint density at radius 1 is 1.00 bits per heavy atom. The van der Waals surface area contributed by atoms with Crippen LogP contribution >= 0.6 is 0 Å². The summed E-state index contributed by atoms with van der Waals surface area (Å²) < 4.78 is 9.48. The number of hydrogen-bond acceptors (Lipinski definition) is 6. The van der Waals surface area contributed by atoms with Crippen molar-refractivity contribution < 1.29 is 19.1 Å². The maximum absolute atomic E-state index is 11.7. The van der Waals surface area contributed by atoms with Crippen molar-refractivity contribution in [2.45, 2.75) is 26.7 Å². The second kappa shape index (κ2) is 7.24. The van der Waals surface area contributed by atoms with Crippen LogP contribution in [-0.4, -0.2) is 25.2 Å². The van der Waals surface area contributed by atoms with Gasteiger partial charge in [0.05, 0.1) is 38.2 Å². The molecule has 0 bridgehead atoms. The Hall–Kier alpha value is -2.08. The van der Waals surface area contributed by atoms with E-state index in [1.54, 1.807) is 26.0 Å². The van der Waals surface area contributed by atoms with Crippen LogP contribution in [0.15, 0.2) is 0 Å². The van der Waals surface area contributed by atoms with E-state index < -0.39 is 30.2 Å². The van der Waals surface area contributed by atoms with Gasteiger partial charge in [-0.25, -0.2) is 0 Å². The van der Waals surface area contributed by atoms with Gasteiger partial charge in [-0.05, 0) is 13.8 Å². The Bertz CT molecular complexity index is 329. The van der Waals surface area contributed by atoms with E-state index in [0.717, 1.165) is 0 Å². The minimum absolute atomic E-state index is 0.0663. The molecule has 0 aliphatic rings. The molecule has 17 heavy (non-hydrogen) atoms. The first-order chi connectivity index (χ1) is 8.08. The molecular formula is C11H14N2O4. The third kappa shape index (κ3) is 3.46. The second-order valence-corrected chi connectivity index (χ2v) is 3.19. The minimum atomic E-state index is -1.82. The van der Waals surface area contributed by atoms with Crippen molar-refractivity contribution in [1.29, 1.82) is 10.5 Å². The van der Waals surface area contributed by atoms with Gasteiger partial charge in [0.1, 0.15) is 0 Å². The number of hydrogen-bond donors (Lipinski definition) is 0. The fourth-order valence-corrected chi connectivity index (χ4v) is 1.24. The first-order valence-electron chi connectivity index (χ1n) is 5.17. The van der Waals surface area contributed by atoms with E-state index in [-0.39, 0.29) is 13.2 Å². The van der Waals surface area contributed by atoms with E-state index >= 15 is 0 Å². The highest BCUT2D eigenvalue weighted by Crippen LogP contribution is 2.30. The quantitative estimate of drug-likeness (QED) is 0.504. The van der Waals surface area contributed by atoms with E-state index in [9.17, 15) is 9.59 Å². The maximum atomic E-state index is 11.7. The number of ether oxygens (including phenoxy) is 2. The van der Waals surface area contributed by atoms with Gasteiger partial charge < -0.3 is 9.47 Å². The van der Waals surface area contributed by atoms with Gasteiger partial charge in [0, 0.05) is 0 Å². The Morgan fingerprint density at radius 2 is 1.35 bits per heavy atom. The van der Waals surface area contributed by atoms with Crippen molar-refractivity contribution >= 4 is 11.9 Å². The monoisotopic (exact) mass is 238 g/mol. The van der Waals surface area contributed by atoms with Crippen LogP contribution in [0.3, 0.4) is 0 Å². The largest absolute Gasteiger partial charge is 0.465 e. The van der Waals surface area contributed by atoms with Gasteiger partial charge in [-0.2, -0.15) is 10.5 Å². The first kappa shape index (κ1) is 14.9. The van der Waals surface area contributed by atoms with Crippen LogP contribution in [0.4, 0.5) is 0 Å². The molecule has 0 fully saturated rings. The van der Waals surface area contributed by atoms with Crippen molar-refractivity contribution in [1.82, 2.24) is 0 Å². The number of nitrogens with zero attached hydrogens (tertiary/aromatic N) is 2. The molecule has 0 rings (SSSR count). The SMILES string of the molecule is CCOC(=O)C(CC#N)(CC#N)C(=O)OCC.